The van der Waals surface area contributed by atoms with Crippen LogP contribution in [-0.2, 0) is 6.42 Å². The minimum atomic E-state index is 0.0334. The summed E-state index contributed by atoms with van der Waals surface area (Å²) in [5.74, 6) is 0.810. The lowest BCUT2D eigenvalue weighted by Crippen LogP contribution is -2.20. The van der Waals surface area contributed by atoms with Gasteiger partial charge in [-0.05, 0) is 52.7 Å². The van der Waals surface area contributed by atoms with Crippen molar-refractivity contribution in [2.24, 2.45) is 0 Å². The van der Waals surface area contributed by atoms with Crippen LogP contribution < -0.4 is 10.1 Å². The summed E-state index contributed by atoms with van der Waals surface area (Å²) in [6, 6.07) is 12.3. The molecule has 0 aliphatic carbocycles. The molecule has 112 valence electrons. The molecule has 0 fully saturated rings. The zero-order valence-electron chi connectivity index (χ0n) is 12.4. The molecule has 1 N–H and O–H groups in total. The lowest BCUT2D eigenvalue weighted by molar-refractivity contribution is 0.402. The SMILES string of the molecule is CCc1ccccc1C(NC)c1cc(Cl)cc(Br)c1OC. The van der Waals surface area contributed by atoms with Gasteiger partial charge in [-0.25, -0.2) is 0 Å². The summed E-state index contributed by atoms with van der Waals surface area (Å²) >= 11 is 9.75. The van der Waals surface area contributed by atoms with Crippen LogP contribution >= 0.6 is 27.5 Å². The van der Waals surface area contributed by atoms with Crippen LogP contribution in [0.3, 0.4) is 0 Å². The molecule has 0 aliphatic heterocycles. The molecule has 4 heteroatoms. The van der Waals surface area contributed by atoms with E-state index in [9.17, 15) is 0 Å². The Morgan fingerprint density at radius 3 is 2.57 bits per heavy atom. The number of methoxy groups -OCH3 is 1. The smallest absolute Gasteiger partial charge is 0.138 e. The van der Waals surface area contributed by atoms with Crippen LogP contribution in [0.15, 0.2) is 40.9 Å². The summed E-state index contributed by atoms with van der Waals surface area (Å²) in [4.78, 5) is 0. The molecule has 2 aromatic rings. The van der Waals surface area contributed by atoms with Crippen LogP contribution in [0.5, 0.6) is 5.75 Å². The molecule has 0 bridgehead atoms. The number of halogens is 2. The van der Waals surface area contributed by atoms with Crippen molar-refractivity contribution >= 4 is 27.5 Å². The Morgan fingerprint density at radius 1 is 1.24 bits per heavy atom. The highest BCUT2D eigenvalue weighted by Crippen LogP contribution is 2.38. The predicted molar refractivity (Wildman–Crippen MR) is 92.4 cm³/mol. The summed E-state index contributed by atoms with van der Waals surface area (Å²) in [6.45, 7) is 2.16. The Balaban J connectivity index is 2.61. The second-order valence-electron chi connectivity index (χ2n) is 4.78. The molecular weight excluding hydrogens is 350 g/mol. The first-order chi connectivity index (χ1) is 10.1. The zero-order valence-corrected chi connectivity index (χ0v) is 14.8. The monoisotopic (exact) mass is 367 g/mol. The maximum Gasteiger partial charge on any atom is 0.138 e. The fourth-order valence-corrected chi connectivity index (χ4v) is 3.62. The Bertz CT molecular complexity index is 630. The Kier molecular flexibility index (Phi) is 5.68. The molecule has 0 amide bonds. The zero-order chi connectivity index (χ0) is 15.4. The van der Waals surface area contributed by atoms with Crippen LogP contribution in [0.4, 0.5) is 0 Å². The summed E-state index contributed by atoms with van der Waals surface area (Å²) in [7, 11) is 3.63. The highest BCUT2D eigenvalue weighted by Gasteiger charge is 2.21. The van der Waals surface area contributed by atoms with Crippen LogP contribution in [-0.4, -0.2) is 14.2 Å². The lowest BCUT2D eigenvalue weighted by Gasteiger charge is -2.23. The molecule has 0 radical (unpaired) electrons. The molecule has 1 unspecified atom stereocenters. The van der Waals surface area contributed by atoms with Gasteiger partial charge in [0.1, 0.15) is 5.75 Å². The normalized spacial score (nSPS) is 12.2. The number of nitrogens with one attached hydrogen (secondary N) is 1. The first kappa shape index (κ1) is 16.3. The Hall–Kier alpha value is -1.03. The van der Waals surface area contributed by atoms with E-state index in [0.29, 0.717) is 5.02 Å². The van der Waals surface area contributed by atoms with E-state index < -0.39 is 0 Å². The van der Waals surface area contributed by atoms with E-state index in [1.54, 1.807) is 7.11 Å². The molecule has 2 aromatic carbocycles. The van der Waals surface area contributed by atoms with Gasteiger partial charge in [0.15, 0.2) is 0 Å². The highest BCUT2D eigenvalue weighted by atomic mass is 79.9. The van der Waals surface area contributed by atoms with Gasteiger partial charge in [-0.3, -0.25) is 0 Å². The van der Waals surface area contributed by atoms with E-state index in [1.165, 1.54) is 11.1 Å². The summed E-state index contributed by atoms with van der Waals surface area (Å²) < 4.78 is 6.43. The number of rotatable bonds is 5. The fourth-order valence-electron chi connectivity index (χ4n) is 2.63. The quantitative estimate of drug-likeness (QED) is 0.803. The van der Waals surface area contributed by atoms with E-state index in [-0.39, 0.29) is 6.04 Å². The molecule has 0 heterocycles. The van der Waals surface area contributed by atoms with E-state index in [1.807, 2.05) is 19.2 Å². The molecule has 0 aromatic heterocycles. The van der Waals surface area contributed by atoms with E-state index >= 15 is 0 Å². The second kappa shape index (κ2) is 7.30. The van der Waals surface area contributed by atoms with Crippen molar-refractivity contribution in [2.45, 2.75) is 19.4 Å². The van der Waals surface area contributed by atoms with E-state index in [2.05, 4.69) is 52.4 Å². The van der Waals surface area contributed by atoms with E-state index in [4.69, 9.17) is 16.3 Å². The minimum Gasteiger partial charge on any atom is -0.495 e. The molecule has 0 aliphatic rings. The molecular formula is C17H19BrClNO. The number of benzene rings is 2. The first-order valence-electron chi connectivity index (χ1n) is 6.90. The van der Waals surface area contributed by atoms with Gasteiger partial charge in [0, 0.05) is 10.6 Å². The summed E-state index contributed by atoms with van der Waals surface area (Å²) in [6.07, 6.45) is 0.985. The summed E-state index contributed by atoms with van der Waals surface area (Å²) in [5, 5.41) is 4.07. The third-order valence-electron chi connectivity index (χ3n) is 3.59. The predicted octanol–water partition coefficient (Wildman–Crippen LogP) is 4.98. The molecule has 0 saturated carbocycles. The van der Waals surface area contributed by atoms with Gasteiger partial charge in [0.05, 0.1) is 17.6 Å². The van der Waals surface area contributed by atoms with Gasteiger partial charge < -0.3 is 10.1 Å². The fraction of sp³-hybridized carbons (Fsp3) is 0.294. The third-order valence-corrected chi connectivity index (χ3v) is 4.40. The van der Waals surface area contributed by atoms with Crippen molar-refractivity contribution in [3.63, 3.8) is 0 Å². The van der Waals surface area contributed by atoms with Gasteiger partial charge in [-0.2, -0.15) is 0 Å². The van der Waals surface area contributed by atoms with Crippen molar-refractivity contribution in [2.75, 3.05) is 14.2 Å². The number of ether oxygens (including phenoxy) is 1. The van der Waals surface area contributed by atoms with Crippen molar-refractivity contribution in [1.82, 2.24) is 5.32 Å². The Labute approximate surface area is 139 Å². The standard InChI is InChI=1S/C17H19BrClNO/c1-4-11-7-5-6-8-13(11)16(20-2)14-9-12(19)10-15(18)17(14)21-3/h5-10,16,20H,4H2,1-3H3. The first-order valence-corrected chi connectivity index (χ1v) is 8.07. The van der Waals surface area contributed by atoms with Crippen LogP contribution in [0.25, 0.3) is 0 Å². The van der Waals surface area contributed by atoms with E-state index in [0.717, 1.165) is 22.2 Å². The van der Waals surface area contributed by atoms with Crippen LogP contribution in [0.1, 0.15) is 29.7 Å². The third kappa shape index (κ3) is 3.42. The lowest BCUT2D eigenvalue weighted by atomic mass is 9.93. The number of aryl methyl sites for hydroxylation is 1. The molecule has 21 heavy (non-hydrogen) atoms. The van der Waals surface area contributed by atoms with Crippen molar-refractivity contribution in [1.29, 1.82) is 0 Å². The van der Waals surface area contributed by atoms with Crippen molar-refractivity contribution in [3.8, 4) is 5.75 Å². The molecule has 2 nitrogen and oxygen atoms in total. The van der Waals surface area contributed by atoms with Gasteiger partial charge in [0.25, 0.3) is 0 Å². The maximum absolute atomic E-state index is 6.23. The van der Waals surface area contributed by atoms with Gasteiger partial charge in [-0.1, -0.05) is 42.8 Å². The summed E-state index contributed by atoms with van der Waals surface area (Å²) in [5.41, 5.74) is 3.59. The second-order valence-corrected chi connectivity index (χ2v) is 6.07. The average Bonchev–Trinajstić information content (AvgIpc) is 2.48. The van der Waals surface area contributed by atoms with Crippen LogP contribution in [0, 0.1) is 0 Å². The number of hydrogen-bond donors (Lipinski definition) is 1. The minimum absolute atomic E-state index is 0.0334. The van der Waals surface area contributed by atoms with Gasteiger partial charge in [-0.15, -0.1) is 0 Å². The molecule has 0 spiro atoms. The van der Waals surface area contributed by atoms with Crippen molar-refractivity contribution in [3.05, 3.63) is 62.6 Å². The number of hydrogen-bond acceptors (Lipinski definition) is 2. The average molecular weight is 369 g/mol. The molecule has 1 atom stereocenters. The molecule has 0 saturated heterocycles. The van der Waals surface area contributed by atoms with Crippen LogP contribution in [0.2, 0.25) is 5.02 Å². The molecule has 2 rings (SSSR count). The van der Waals surface area contributed by atoms with Crippen molar-refractivity contribution < 1.29 is 4.74 Å². The van der Waals surface area contributed by atoms with Gasteiger partial charge >= 0.3 is 0 Å². The topological polar surface area (TPSA) is 21.3 Å². The van der Waals surface area contributed by atoms with Gasteiger partial charge in [0.2, 0.25) is 0 Å². The largest absolute Gasteiger partial charge is 0.495 e. The maximum atomic E-state index is 6.23. The Morgan fingerprint density at radius 2 is 1.95 bits per heavy atom. The highest BCUT2D eigenvalue weighted by molar-refractivity contribution is 9.10.